The van der Waals surface area contributed by atoms with Gasteiger partial charge in [-0.3, -0.25) is 0 Å². The number of H-pyrrole nitrogens is 2. The van der Waals surface area contributed by atoms with Crippen molar-refractivity contribution in [1.29, 1.82) is 0 Å². The van der Waals surface area contributed by atoms with Crippen molar-refractivity contribution in [3.63, 3.8) is 0 Å². The third-order valence-electron chi connectivity index (χ3n) is 4.80. The summed E-state index contributed by atoms with van der Waals surface area (Å²) in [7, 11) is 0. The number of benzene rings is 2. The van der Waals surface area contributed by atoms with Gasteiger partial charge in [0.15, 0.2) is 0 Å². The maximum atomic E-state index is 9.91. The van der Waals surface area contributed by atoms with Crippen LogP contribution < -0.4 is 11.5 Å². The molecule has 7 N–H and O–H groups in total. The summed E-state index contributed by atoms with van der Waals surface area (Å²) in [4.78, 5) is 7.08. The third kappa shape index (κ3) is 2.80. The average molecular weight is 413 g/mol. The predicted molar refractivity (Wildman–Crippen MR) is 110 cm³/mol. The normalized spacial score (nSPS) is 11.7. The Morgan fingerprint density at radius 3 is 2.15 bits per heavy atom. The Kier molecular flexibility index (Phi) is 4.48. The zero-order valence-corrected chi connectivity index (χ0v) is 15.9. The summed E-state index contributed by atoms with van der Waals surface area (Å²) in [6.45, 7) is 1.11. The Morgan fingerprint density at radius 2 is 1.46 bits per heavy atom. The zero-order chi connectivity index (χ0) is 18.3. The number of nitrogens with two attached hydrogens (primary N) is 2. The van der Waals surface area contributed by atoms with Gasteiger partial charge in [-0.05, 0) is 67.4 Å². The van der Waals surface area contributed by atoms with E-state index in [-0.39, 0.29) is 5.75 Å². The van der Waals surface area contributed by atoms with Crippen LogP contribution in [0.1, 0.15) is 11.1 Å². The SMILES string of the molecule is NCCc1c(-c2[nH]c3ccc(O)cc3c2CCN)[nH]c2cc(Br)ccc12. The molecule has 0 radical (unpaired) electrons. The molecule has 134 valence electrons. The second-order valence-corrected chi connectivity index (χ2v) is 7.37. The number of phenolic OH excluding ortho intramolecular Hbond substituents is 1. The van der Waals surface area contributed by atoms with Crippen LogP contribution in [0.5, 0.6) is 5.75 Å². The number of halogens is 1. The molecule has 0 aliphatic heterocycles. The maximum Gasteiger partial charge on any atom is 0.116 e. The minimum Gasteiger partial charge on any atom is -0.508 e. The number of aromatic nitrogens is 2. The van der Waals surface area contributed by atoms with Gasteiger partial charge in [0, 0.05) is 26.3 Å². The Morgan fingerprint density at radius 1 is 0.808 bits per heavy atom. The first-order valence-corrected chi connectivity index (χ1v) is 9.46. The van der Waals surface area contributed by atoms with Gasteiger partial charge in [0.25, 0.3) is 0 Å². The smallest absolute Gasteiger partial charge is 0.116 e. The molecule has 0 spiro atoms. The molecule has 0 unspecified atom stereocenters. The third-order valence-corrected chi connectivity index (χ3v) is 5.29. The Balaban J connectivity index is 2.02. The van der Waals surface area contributed by atoms with Crippen molar-refractivity contribution < 1.29 is 5.11 Å². The molecule has 0 aliphatic carbocycles. The fourth-order valence-electron chi connectivity index (χ4n) is 3.70. The van der Waals surface area contributed by atoms with E-state index in [9.17, 15) is 5.11 Å². The van der Waals surface area contributed by atoms with Crippen LogP contribution in [0.4, 0.5) is 0 Å². The highest BCUT2D eigenvalue weighted by Crippen LogP contribution is 2.37. The minimum absolute atomic E-state index is 0.254. The molecule has 0 amide bonds. The van der Waals surface area contributed by atoms with Crippen molar-refractivity contribution in [2.24, 2.45) is 11.5 Å². The molecule has 4 aromatic rings. The van der Waals surface area contributed by atoms with Gasteiger partial charge in [-0.2, -0.15) is 0 Å². The molecule has 2 aromatic carbocycles. The second-order valence-electron chi connectivity index (χ2n) is 6.45. The molecule has 26 heavy (non-hydrogen) atoms. The van der Waals surface area contributed by atoms with Crippen LogP contribution in [0.15, 0.2) is 40.9 Å². The van der Waals surface area contributed by atoms with Crippen LogP contribution in [-0.2, 0) is 12.8 Å². The highest BCUT2D eigenvalue weighted by atomic mass is 79.9. The fraction of sp³-hybridized carbons (Fsp3) is 0.200. The van der Waals surface area contributed by atoms with E-state index in [2.05, 4.69) is 38.0 Å². The second kappa shape index (κ2) is 6.79. The summed E-state index contributed by atoms with van der Waals surface area (Å²) in [5.74, 6) is 0.254. The monoisotopic (exact) mass is 412 g/mol. The van der Waals surface area contributed by atoms with E-state index in [0.29, 0.717) is 13.1 Å². The van der Waals surface area contributed by atoms with E-state index in [1.807, 2.05) is 12.1 Å². The van der Waals surface area contributed by atoms with Crippen LogP contribution in [0.3, 0.4) is 0 Å². The van der Waals surface area contributed by atoms with Crippen molar-refractivity contribution >= 4 is 37.7 Å². The van der Waals surface area contributed by atoms with Crippen molar-refractivity contribution in [2.45, 2.75) is 12.8 Å². The topological polar surface area (TPSA) is 104 Å². The number of nitrogens with one attached hydrogen (secondary N) is 2. The van der Waals surface area contributed by atoms with Gasteiger partial charge in [-0.1, -0.05) is 22.0 Å². The first kappa shape index (κ1) is 17.1. The first-order chi connectivity index (χ1) is 12.6. The molecular formula is C20H21BrN4O. The Labute approximate surface area is 159 Å². The van der Waals surface area contributed by atoms with E-state index >= 15 is 0 Å². The summed E-state index contributed by atoms with van der Waals surface area (Å²) >= 11 is 3.54. The molecule has 4 rings (SSSR count). The lowest BCUT2D eigenvalue weighted by molar-refractivity contribution is 0.476. The molecule has 0 saturated heterocycles. The van der Waals surface area contributed by atoms with Gasteiger partial charge in [0.05, 0.1) is 11.4 Å². The van der Waals surface area contributed by atoms with Crippen molar-refractivity contribution in [1.82, 2.24) is 9.97 Å². The zero-order valence-electron chi connectivity index (χ0n) is 14.3. The van der Waals surface area contributed by atoms with Gasteiger partial charge in [0.1, 0.15) is 5.75 Å². The maximum absolute atomic E-state index is 9.91. The van der Waals surface area contributed by atoms with Gasteiger partial charge in [0.2, 0.25) is 0 Å². The number of hydrogen-bond donors (Lipinski definition) is 5. The summed E-state index contributed by atoms with van der Waals surface area (Å²) in [6.07, 6.45) is 1.50. The van der Waals surface area contributed by atoms with Gasteiger partial charge < -0.3 is 26.5 Å². The standard InChI is InChI=1S/C20H21BrN4O/c21-11-1-3-13-14(5-7-22)19(25-18(13)9-11)20-15(6-8-23)16-10-12(26)2-4-17(16)24-20/h1-4,9-10,24-26H,5-8,22-23H2. The summed E-state index contributed by atoms with van der Waals surface area (Å²) in [5, 5.41) is 12.1. The van der Waals surface area contributed by atoms with E-state index in [1.54, 1.807) is 12.1 Å². The Bertz CT molecular complexity index is 1100. The number of phenols is 1. The number of fused-ring (bicyclic) bond motifs is 2. The largest absolute Gasteiger partial charge is 0.508 e. The molecule has 2 aromatic heterocycles. The minimum atomic E-state index is 0.254. The van der Waals surface area contributed by atoms with Crippen LogP contribution >= 0.6 is 15.9 Å². The molecule has 0 saturated carbocycles. The van der Waals surface area contributed by atoms with E-state index in [4.69, 9.17) is 11.5 Å². The van der Waals surface area contributed by atoms with E-state index in [1.165, 1.54) is 10.9 Å². The Hall–Kier alpha value is -2.28. The van der Waals surface area contributed by atoms with Crippen molar-refractivity contribution in [2.75, 3.05) is 13.1 Å². The van der Waals surface area contributed by atoms with Crippen LogP contribution in [0.2, 0.25) is 0 Å². The lowest BCUT2D eigenvalue weighted by atomic mass is 10.0. The predicted octanol–water partition coefficient (Wildman–Crippen LogP) is 3.79. The van der Waals surface area contributed by atoms with E-state index in [0.717, 1.165) is 50.7 Å². The van der Waals surface area contributed by atoms with Crippen LogP contribution in [-0.4, -0.2) is 28.2 Å². The molecule has 0 bridgehead atoms. The molecule has 0 atom stereocenters. The van der Waals surface area contributed by atoms with Crippen LogP contribution in [0, 0.1) is 0 Å². The van der Waals surface area contributed by atoms with Crippen molar-refractivity contribution in [3.8, 4) is 17.1 Å². The lowest BCUT2D eigenvalue weighted by Gasteiger charge is -2.06. The molecule has 2 heterocycles. The molecule has 6 heteroatoms. The quantitative estimate of drug-likeness (QED) is 0.344. The lowest BCUT2D eigenvalue weighted by Crippen LogP contribution is -2.05. The first-order valence-electron chi connectivity index (χ1n) is 8.66. The number of aromatic hydroxyl groups is 1. The highest BCUT2D eigenvalue weighted by Gasteiger charge is 2.19. The van der Waals surface area contributed by atoms with Crippen LogP contribution in [0.25, 0.3) is 33.2 Å². The van der Waals surface area contributed by atoms with Gasteiger partial charge in [-0.25, -0.2) is 0 Å². The summed E-state index contributed by atoms with van der Waals surface area (Å²) < 4.78 is 1.03. The molecule has 0 aliphatic rings. The van der Waals surface area contributed by atoms with Gasteiger partial charge >= 0.3 is 0 Å². The molecule has 0 fully saturated rings. The summed E-state index contributed by atoms with van der Waals surface area (Å²) in [5.41, 5.74) is 18.2. The number of rotatable bonds is 5. The number of hydrogen-bond acceptors (Lipinski definition) is 3. The van der Waals surface area contributed by atoms with Gasteiger partial charge in [-0.15, -0.1) is 0 Å². The van der Waals surface area contributed by atoms with Crippen molar-refractivity contribution in [3.05, 3.63) is 52.0 Å². The fourth-order valence-corrected chi connectivity index (χ4v) is 4.06. The highest BCUT2D eigenvalue weighted by molar-refractivity contribution is 9.10. The average Bonchev–Trinajstić information content (AvgIpc) is 3.14. The summed E-state index contributed by atoms with van der Waals surface area (Å²) in [6, 6.07) is 11.6. The molecular weight excluding hydrogens is 392 g/mol. The van der Waals surface area contributed by atoms with E-state index < -0.39 is 0 Å². The number of aromatic amines is 2. The molecule has 5 nitrogen and oxygen atoms in total.